The molecule has 3 aromatic carbocycles. The van der Waals surface area contributed by atoms with Crippen LogP contribution >= 0.6 is 0 Å². The van der Waals surface area contributed by atoms with Gasteiger partial charge in [0, 0.05) is 17.8 Å². The number of hydrogen-bond acceptors (Lipinski definition) is 6. The molecule has 2 atom stereocenters. The van der Waals surface area contributed by atoms with Gasteiger partial charge in [0.15, 0.2) is 6.10 Å². The van der Waals surface area contributed by atoms with Crippen molar-refractivity contribution < 1.29 is 23.7 Å². The van der Waals surface area contributed by atoms with Crippen LogP contribution in [0.15, 0.2) is 72.8 Å². The van der Waals surface area contributed by atoms with E-state index in [0.29, 0.717) is 19.6 Å². The summed E-state index contributed by atoms with van der Waals surface area (Å²) >= 11 is 0. The van der Waals surface area contributed by atoms with E-state index in [4.69, 9.17) is 18.9 Å². The molecule has 1 aliphatic rings. The minimum absolute atomic E-state index is 0.187. The maximum absolute atomic E-state index is 13.0. The fourth-order valence-corrected chi connectivity index (χ4v) is 4.55. The Morgan fingerprint density at radius 2 is 1.68 bits per heavy atom. The largest absolute Gasteiger partial charge is 0.497 e. The van der Waals surface area contributed by atoms with Crippen LogP contribution in [0.2, 0.25) is 0 Å². The molecular weight excluding hydrogens is 478 g/mol. The van der Waals surface area contributed by atoms with Crippen LogP contribution in [0.4, 0.5) is 5.69 Å². The highest BCUT2D eigenvalue weighted by atomic mass is 16.6. The van der Waals surface area contributed by atoms with Crippen molar-refractivity contribution in [3.8, 4) is 11.5 Å². The number of methoxy groups -OCH3 is 1. The number of nitrogens with one attached hydrogen (secondary N) is 1. The van der Waals surface area contributed by atoms with Crippen LogP contribution < -0.4 is 14.8 Å². The smallest absolute Gasteiger partial charge is 0.306 e. The van der Waals surface area contributed by atoms with Gasteiger partial charge >= 0.3 is 5.97 Å². The van der Waals surface area contributed by atoms with E-state index < -0.39 is 17.8 Å². The van der Waals surface area contributed by atoms with E-state index in [2.05, 4.69) is 5.32 Å². The molecule has 0 aliphatic carbocycles. The van der Waals surface area contributed by atoms with E-state index >= 15 is 0 Å². The van der Waals surface area contributed by atoms with Gasteiger partial charge in [-0.15, -0.1) is 0 Å². The lowest BCUT2D eigenvalue weighted by Gasteiger charge is -2.44. The Balaban J connectivity index is 1.61. The number of ether oxygens (including phenoxy) is 4. The number of rotatable bonds is 9. The Hall–Kier alpha value is -3.51. The molecule has 1 aliphatic heterocycles. The van der Waals surface area contributed by atoms with Gasteiger partial charge in [0.1, 0.15) is 23.2 Å². The Morgan fingerprint density at radius 3 is 2.34 bits per heavy atom. The average Bonchev–Trinajstić information content (AvgIpc) is 2.87. The maximum Gasteiger partial charge on any atom is 0.306 e. The van der Waals surface area contributed by atoms with E-state index in [1.54, 1.807) is 7.11 Å². The third-order valence-electron chi connectivity index (χ3n) is 6.51. The summed E-state index contributed by atoms with van der Waals surface area (Å²) in [7, 11) is 1.66. The molecule has 1 heterocycles. The van der Waals surface area contributed by atoms with Gasteiger partial charge in [-0.3, -0.25) is 4.79 Å². The highest BCUT2D eigenvalue weighted by molar-refractivity contribution is 5.70. The van der Waals surface area contributed by atoms with E-state index in [1.807, 2.05) is 107 Å². The number of anilines is 1. The zero-order valence-corrected chi connectivity index (χ0v) is 23.2. The Labute approximate surface area is 226 Å². The summed E-state index contributed by atoms with van der Waals surface area (Å²) in [6.07, 6.45) is -0.813. The number of esters is 1. The summed E-state index contributed by atoms with van der Waals surface area (Å²) in [5, 5.41) is 3.49. The minimum Gasteiger partial charge on any atom is -0.497 e. The van der Waals surface area contributed by atoms with Crippen LogP contribution in [0.1, 0.15) is 63.8 Å². The van der Waals surface area contributed by atoms with E-state index in [1.165, 1.54) is 0 Å². The zero-order valence-electron chi connectivity index (χ0n) is 23.2. The molecule has 0 saturated carbocycles. The number of fused-ring (bicyclic) bond motifs is 1. The van der Waals surface area contributed by atoms with Gasteiger partial charge in [-0.1, -0.05) is 63.2 Å². The van der Waals surface area contributed by atoms with E-state index in [9.17, 15) is 4.79 Å². The van der Waals surface area contributed by atoms with Crippen molar-refractivity contribution >= 4 is 11.7 Å². The second-order valence-corrected chi connectivity index (χ2v) is 11.5. The molecule has 0 spiro atoms. The van der Waals surface area contributed by atoms with Crippen LogP contribution in [-0.4, -0.2) is 24.8 Å². The van der Waals surface area contributed by atoms with Gasteiger partial charge < -0.3 is 24.3 Å². The van der Waals surface area contributed by atoms with Gasteiger partial charge in [0.25, 0.3) is 0 Å². The molecule has 1 N–H and O–H groups in total. The monoisotopic (exact) mass is 517 g/mol. The molecule has 4 rings (SSSR count). The fraction of sp³-hybridized carbons (Fsp3) is 0.406. The van der Waals surface area contributed by atoms with Gasteiger partial charge in [0.2, 0.25) is 0 Å². The number of benzene rings is 3. The summed E-state index contributed by atoms with van der Waals surface area (Å²) in [6, 6.07) is 24.0. The van der Waals surface area contributed by atoms with Crippen molar-refractivity contribution in [3.05, 3.63) is 89.5 Å². The predicted octanol–water partition coefficient (Wildman–Crippen LogP) is 7.08. The third-order valence-corrected chi connectivity index (χ3v) is 6.51. The third kappa shape index (κ3) is 7.07. The normalized spacial score (nSPS) is 18.2. The number of carbonyl (C=O) groups is 1. The molecule has 0 radical (unpaired) electrons. The second kappa shape index (κ2) is 11.5. The Morgan fingerprint density at radius 1 is 0.974 bits per heavy atom. The van der Waals surface area contributed by atoms with Crippen molar-refractivity contribution in [1.82, 2.24) is 0 Å². The first kappa shape index (κ1) is 27.5. The van der Waals surface area contributed by atoms with Crippen molar-refractivity contribution in [2.45, 2.75) is 72.0 Å². The molecule has 6 heteroatoms. The summed E-state index contributed by atoms with van der Waals surface area (Å²) in [6.45, 7) is 11.0. The number of hydrogen-bond donors (Lipinski definition) is 1. The van der Waals surface area contributed by atoms with Crippen LogP contribution in [0.3, 0.4) is 0 Å². The van der Waals surface area contributed by atoms with Gasteiger partial charge in [0.05, 0.1) is 20.1 Å². The van der Waals surface area contributed by atoms with Gasteiger partial charge in [-0.05, 0) is 60.7 Å². The molecule has 2 unspecified atom stereocenters. The molecule has 0 fully saturated rings. The molecular formula is C32H39NO5. The minimum atomic E-state index is -0.778. The lowest BCUT2D eigenvalue weighted by molar-refractivity contribution is -0.187. The zero-order chi connectivity index (χ0) is 27.3. The second-order valence-electron chi connectivity index (χ2n) is 11.5. The van der Waals surface area contributed by atoms with Gasteiger partial charge in [-0.25, -0.2) is 0 Å². The predicted molar refractivity (Wildman–Crippen MR) is 149 cm³/mol. The molecule has 0 amide bonds. The summed E-state index contributed by atoms with van der Waals surface area (Å²) in [5.74, 6) is 1.30. The summed E-state index contributed by atoms with van der Waals surface area (Å²) in [4.78, 5) is 13.0. The van der Waals surface area contributed by atoms with Gasteiger partial charge in [-0.2, -0.15) is 0 Å². The lowest BCUT2D eigenvalue weighted by Crippen LogP contribution is -2.52. The van der Waals surface area contributed by atoms with Crippen LogP contribution in [0, 0.1) is 5.41 Å². The summed E-state index contributed by atoms with van der Waals surface area (Å²) in [5.41, 5.74) is 3.00. The molecule has 6 nitrogen and oxygen atoms in total. The van der Waals surface area contributed by atoms with Crippen LogP contribution in [0.5, 0.6) is 11.5 Å². The quantitative estimate of drug-likeness (QED) is 0.306. The van der Waals surface area contributed by atoms with Crippen LogP contribution in [-0.2, 0) is 27.4 Å². The molecule has 202 valence electrons. The highest BCUT2D eigenvalue weighted by Gasteiger charge is 2.47. The SMILES string of the molecule is COc1ccc(CNc2ccc3c(c2)C(OCc2ccccc2)C(OC(=O)CC(C)(C)C)C(C)(C)O3)cc1. The standard InChI is InChI=1S/C32H39NO5/c1-31(2,3)19-28(34)37-30-29(36-21-23-10-8-7-9-11-23)26-18-24(14-17-27(26)38-32(30,4)5)33-20-22-12-15-25(35-6)16-13-22/h7-18,29-30,33H,19-21H2,1-6H3. The van der Waals surface area contributed by atoms with Crippen molar-refractivity contribution in [3.63, 3.8) is 0 Å². The Bertz CT molecular complexity index is 1210. The van der Waals surface area contributed by atoms with Crippen molar-refractivity contribution in [2.24, 2.45) is 5.41 Å². The molecule has 38 heavy (non-hydrogen) atoms. The Kier molecular flexibility index (Phi) is 8.32. The first-order valence-corrected chi connectivity index (χ1v) is 13.1. The molecule has 3 aromatic rings. The highest BCUT2D eigenvalue weighted by Crippen LogP contribution is 2.45. The first-order chi connectivity index (χ1) is 18.0. The van der Waals surface area contributed by atoms with E-state index in [-0.39, 0.29) is 11.4 Å². The topological polar surface area (TPSA) is 66.0 Å². The van der Waals surface area contributed by atoms with Crippen molar-refractivity contribution in [1.29, 1.82) is 0 Å². The first-order valence-electron chi connectivity index (χ1n) is 13.1. The lowest BCUT2D eigenvalue weighted by atomic mass is 9.87. The van der Waals surface area contributed by atoms with Crippen molar-refractivity contribution in [2.75, 3.05) is 12.4 Å². The summed E-state index contributed by atoms with van der Waals surface area (Å²) < 4.78 is 24.3. The molecule has 0 saturated heterocycles. The average molecular weight is 518 g/mol. The molecule has 0 aromatic heterocycles. The fourth-order valence-electron chi connectivity index (χ4n) is 4.55. The van der Waals surface area contributed by atoms with E-state index in [0.717, 1.165) is 33.9 Å². The number of carbonyl (C=O) groups excluding carboxylic acids is 1. The molecule has 0 bridgehead atoms. The maximum atomic E-state index is 13.0. The van der Waals surface area contributed by atoms with Crippen LogP contribution in [0.25, 0.3) is 0 Å².